The summed E-state index contributed by atoms with van der Waals surface area (Å²) in [7, 11) is 0.956. The second-order valence-corrected chi connectivity index (χ2v) is 2.59. The first-order valence-corrected chi connectivity index (χ1v) is 3.89. The fourth-order valence-corrected chi connectivity index (χ4v) is 0.927. The Hall–Kier alpha value is -1.90. The van der Waals surface area contributed by atoms with Crippen LogP contribution in [0.4, 0.5) is 19.1 Å². The third-order valence-corrected chi connectivity index (χ3v) is 1.59. The van der Waals surface area contributed by atoms with Crippen LogP contribution in [0.2, 0.25) is 0 Å². The summed E-state index contributed by atoms with van der Waals surface area (Å²) in [6.45, 7) is 0. The summed E-state index contributed by atoms with van der Waals surface area (Å²) in [5.41, 5.74) is -0.321. The van der Waals surface area contributed by atoms with E-state index in [9.17, 15) is 18.0 Å². The molecule has 0 fully saturated rings. The van der Waals surface area contributed by atoms with Crippen molar-refractivity contribution >= 4 is 11.9 Å². The summed E-state index contributed by atoms with van der Waals surface area (Å²) >= 11 is 0. The van der Waals surface area contributed by atoms with Crippen molar-refractivity contribution in [3.63, 3.8) is 0 Å². The highest BCUT2D eigenvalue weighted by atomic mass is 19.4. The van der Waals surface area contributed by atoms with Crippen LogP contribution in [0.3, 0.4) is 0 Å². The van der Waals surface area contributed by atoms with Gasteiger partial charge in [0, 0.05) is 6.20 Å². The van der Waals surface area contributed by atoms with Crippen LogP contribution < -0.4 is 11.3 Å². The predicted octanol–water partition coefficient (Wildman–Crippen LogP) is 0.568. The molecular weight excluding hydrogens is 229 g/mol. The number of hydrogen-bond donors (Lipinski definition) is 2. The van der Waals surface area contributed by atoms with Crippen molar-refractivity contribution in [2.45, 2.75) is 6.18 Å². The predicted molar refractivity (Wildman–Crippen MR) is 46.2 cm³/mol. The van der Waals surface area contributed by atoms with Crippen molar-refractivity contribution in [3.05, 3.63) is 17.5 Å². The van der Waals surface area contributed by atoms with Crippen LogP contribution in [0, 0.1) is 0 Å². The van der Waals surface area contributed by atoms with Gasteiger partial charge in [-0.15, -0.1) is 0 Å². The van der Waals surface area contributed by atoms with Crippen LogP contribution in [0.25, 0.3) is 0 Å². The quantitative estimate of drug-likeness (QED) is 0.443. The number of anilines is 1. The average Bonchev–Trinajstić information content (AvgIpc) is 2.26. The van der Waals surface area contributed by atoms with Crippen LogP contribution in [0.1, 0.15) is 16.1 Å². The molecule has 1 aromatic rings. The second-order valence-electron chi connectivity index (χ2n) is 2.59. The van der Waals surface area contributed by atoms with E-state index < -0.39 is 29.4 Å². The van der Waals surface area contributed by atoms with Crippen molar-refractivity contribution in [1.29, 1.82) is 0 Å². The Morgan fingerprint density at radius 2 is 2.19 bits per heavy atom. The SMILES string of the molecule is COC(=O)c1cnc(NN)nc1C(F)(F)F. The Balaban J connectivity index is 3.33. The number of nitrogens with zero attached hydrogens (tertiary/aromatic N) is 2. The molecule has 1 aromatic heterocycles. The van der Waals surface area contributed by atoms with Crippen molar-refractivity contribution < 1.29 is 22.7 Å². The summed E-state index contributed by atoms with van der Waals surface area (Å²) in [5.74, 6) is 3.25. The van der Waals surface area contributed by atoms with Crippen molar-refractivity contribution in [3.8, 4) is 0 Å². The van der Waals surface area contributed by atoms with Gasteiger partial charge in [0.05, 0.1) is 7.11 Å². The molecule has 0 aromatic carbocycles. The minimum absolute atomic E-state index is 0.444. The van der Waals surface area contributed by atoms with Gasteiger partial charge in [-0.05, 0) is 0 Å². The molecule has 0 atom stereocenters. The summed E-state index contributed by atoms with van der Waals surface area (Å²) in [6.07, 6.45) is -4.10. The Bertz CT molecular complexity index is 407. The molecule has 6 nitrogen and oxygen atoms in total. The number of esters is 1. The summed E-state index contributed by atoms with van der Waals surface area (Å²) < 4.78 is 41.7. The highest BCUT2D eigenvalue weighted by Crippen LogP contribution is 2.30. The molecule has 1 rings (SSSR count). The lowest BCUT2D eigenvalue weighted by molar-refractivity contribution is -0.141. The number of nitrogen functional groups attached to an aromatic ring is 1. The molecule has 0 unspecified atom stereocenters. The summed E-state index contributed by atoms with van der Waals surface area (Å²) in [4.78, 5) is 17.5. The molecule has 16 heavy (non-hydrogen) atoms. The van der Waals surface area contributed by atoms with Gasteiger partial charge in [0.1, 0.15) is 5.56 Å². The second kappa shape index (κ2) is 4.31. The lowest BCUT2D eigenvalue weighted by atomic mass is 10.2. The third-order valence-electron chi connectivity index (χ3n) is 1.59. The molecule has 88 valence electrons. The molecule has 0 spiro atoms. The molecule has 0 saturated heterocycles. The van der Waals surface area contributed by atoms with Gasteiger partial charge in [0.25, 0.3) is 0 Å². The van der Waals surface area contributed by atoms with Gasteiger partial charge in [-0.1, -0.05) is 0 Å². The monoisotopic (exact) mass is 236 g/mol. The minimum Gasteiger partial charge on any atom is -0.465 e. The van der Waals surface area contributed by atoms with E-state index in [1.54, 1.807) is 0 Å². The van der Waals surface area contributed by atoms with E-state index in [0.717, 1.165) is 7.11 Å². The first-order valence-electron chi connectivity index (χ1n) is 3.89. The lowest BCUT2D eigenvalue weighted by Crippen LogP contribution is -2.20. The van der Waals surface area contributed by atoms with E-state index in [0.29, 0.717) is 6.20 Å². The van der Waals surface area contributed by atoms with Crippen molar-refractivity contribution in [1.82, 2.24) is 9.97 Å². The Morgan fingerprint density at radius 3 is 2.62 bits per heavy atom. The normalized spacial score (nSPS) is 11.1. The first-order chi connectivity index (χ1) is 7.40. The van der Waals surface area contributed by atoms with Crippen LogP contribution in [-0.2, 0) is 10.9 Å². The molecule has 0 radical (unpaired) electrons. The van der Waals surface area contributed by atoms with Crippen LogP contribution >= 0.6 is 0 Å². The lowest BCUT2D eigenvalue weighted by Gasteiger charge is -2.10. The number of nitrogens with two attached hydrogens (primary N) is 1. The number of halogens is 3. The van der Waals surface area contributed by atoms with E-state index in [-0.39, 0.29) is 0 Å². The zero-order valence-electron chi connectivity index (χ0n) is 8.00. The molecule has 0 amide bonds. The minimum atomic E-state index is -4.79. The van der Waals surface area contributed by atoms with E-state index >= 15 is 0 Å². The van der Waals surface area contributed by atoms with Gasteiger partial charge in [-0.3, -0.25) is 5.43 Å². The van der Waals surface area contributed by atoms with Gasteiger partial charge >= 0.3 is 12.1 Å². The number of hydrogen-bond acceptors (Lipinski definition) is 6. The van der Waals surface area contributed by atoms with E-state index in [1.807, 2.05) is 5.43 Å². The first kappa shape index (κ1) is 12.2. The molecule has 0 bridgehead atoms. The molecule has 0 saturated carbocycles. The summed E-state index contributed by atoms with van der Waals surface area (Å²) in [6, 6.07) is 0. The number of hydrazine groups is 1. The Morgan fingerprint density at radius 1 is 1.56 bits per heavy atom. The Kier molecular flexibility index (Phi) is 3.28. The van der Waals surface area contributed by atoms with Crippen LogP contribution in [0.15, 0.2) is 6.20 Å². The number of aromatic nitrogens is 2. The van der Waals surface area contributed by atoms with E-state index in [2.05, 4.69) is 14.7 Å². The van der Waals surface area contributed by atoms with E-state index in [1.165, 1.54) is 0 Å². The highest BCUT2D eigenvalue weighted by molar-refractivity contribution is 5.90. The molecule has 9 heteroatoms. The smallest absolute Gasteiger partial charge is 0.434 e. The fourth-order valence-electron chi connectivity index (χ4n) is 0.927. The van der Waals surface area contributed by atoms with E-state index in [4.69, 9.17) is 5.84 Å². The number of alkyl halides is 3. The number of carbonyl (C=O) groups excluding carboxylic acids is 1. The van der Waals surface area contributed by atoms with Gasteiger partial charge in [-0.25, -0.2) is 20.6 Å². The average molecular weight is 236 g/mol. The van der Waals surface area contributed by atoms with Crippen LogP contribution in [-0.4, -0.2) is 23.0 Å². The highest BCUT2D eigenvalue weighted by Gasteiger charge is 2.38. The van der Waals surface area contributed by atoms with Gasteiger partial charge in [-0.2, -0.15) is 13.2 Å². The molecule has 0 aliphatic carbocycles. The Labute approximate surface area is 87.6 Å². The number of ether oxygens (including phenoxy) is 1. The molecule has 3 N–H and O–H groups in total. The van der Waals surface area contributed by atoms with Crippen LogP contribution in [0.5, 0.6) is 0 Å². The van der Waals surface area contributed by atoms with Gasteiger partial charge < -0.3 is 4.74 Å². The number of rotatable bonds is 2. The maximum atomic E-state index is 12.5. The third kappa shape index (κ3) is 2.37. The van der Waals surface area contributed by atoms with Gasteiger partial charge in [0.2, 0.25) is 5.95 Å². The largest absolute Gasteiger partial charge is 0.465 e. The molecule has 1 heterocycles. The number of carbonyl (C=O) groups is 1. The topological polar surface area (TPSA) is 90.1 Å². The van der Waals surface area contributed by atoms with Crippen molar-refractivity contribution in [2.75, 3.05) is 12.5 Å². The molecule has 0 aliphatic heterocycles. The zero-order chi connectivity index (χ0) is 12.3. The fraction of sp³-hybridized carbons (Fsp3) is 0.286. The van der Waals surface area contributed by atoms with Gasteiger partial charge in [0.15, 0.2) is 5.69 Å². The standard InChI is InChI=1S/C7H7F3N4O2/c1-16-5(15)3-2-12-6(14-11)13-4(3)7(8,9)10/h2H,11H2,1H3,(H,12,13,14). The maximum absolute atomic E-state index is 12.5. The molecule has 0 aliphatic rings. The maximum Gasteiger partial charge on any atom is 0.434 e. The molecular formula is C7H7F3N4O2. The van der Waals surface area contributed by atoms with Crippen molar-refractivity contribution in [2.24, 2.45) is 5.84 Å². The number of methoxy groups -OCH3 is 1. The zero-order valence-corrected chi connectivity index (χ0v) is 8.00. The number of nitrogens with one attached hydrogen (secondary N) is 1. The summed E-state index contributed by atoms with van der Waals surface area (Å²) in [5, 5.41) is 0.